The lowest BCUT2D eigenvalue weighted by Gasteiger charge is -2.15. The molecule has 1 unspecified atom stereocenters. The van der Waals surface area contributed by atoms with E-state index in [2.05, 4.69) is 15.5 Å². The van der Waals surface area contributed by atoms with Crippen LogP contribution in [0.5, 0.6) is 0 Å². The van der Waals surface area contributed by atoms with E-state index >= 15 is 0 Å². The van der Waals surface area contributed by atoms with Crippen molar-refractivity contribution in [3.8, 4) is 0 Å². The van der Waals surface area contributed by atoms with E-state index in [1.165, 1.54) is 29.8 Å². The molecule has 98 valence electrons. The molecule has 1 amide bonds. The Hall–Kier alpha value is -2.28. The zero-order valence-electron chi connectivity index (χ0n) is 9.81. The molecular weight excluding hydrogens is 266 g/mol. The Balaban J connectivity index is 2.12. The Morgan fingerprint density at radius 1 is 1.37 bits per heavy atom. The minimum Gasteiger partial charge on any atom is -0.481 e. The summed E-state index contributed by atoms with van der Waals surface area (Å²) in [6.07, 6.45) is 2.58. The highest BCUT2D eigenvalue weighted by Crippen LogP contribution is 2.22. The van der Waals surface area contributed by atoms with Crippen molar-refractivity contribution >= 4 is 23.2 Å². The molecule has 0 bridgehead atoms. The SMILES string of the molecule is O=C(O)CC(NC(=O)c1ccnnc1)c1cccs1. The minimum atomic E-state index is -0.966. The average molecular weight is 277 g/mol. The fraction of sp³-hybridized carbons (Fsp3) is 0.167. The first kappa shape index (κ1) is 13.2. The molecule has 0 spiro atoms. The maximum Gasteiger partial charge on any atom is 0.305 e. The molecule has 2 aromatic rings. The van der Waals surface area contributed by atoms with Gasteiger partial charge in [0.25, 0.3) is 5.91 Å². The smallest absolute Gasteiger partial charge is 0.305 e. The number of amides is 1. The van der Waals surface area contributed by atoms with E-state index in [9.17, 15) is 9.59 Å². The largest absolute Gasteiger partial charge is 0.481 e. The van der Waals surface area contributed by atoms with Crippen molar-refractivity contribution in [1.29, 1.82) is 0 Å². The van der Waals surface area contributed by atoms with Crippen LogP contribution in [0.3, 0.4) is 0 Å². The summed E-state index contributed by atoms with van der Waals surface area (Å²) >= 11 is 1.40. The van der Waals surface area contributed by atoms with E-state index in [0.717, 1.165) is 4.88 Å². The number of carboxylic acid groups (broad SMARTS) is 1. The summed E-state index contributed by atoms with van der Waals surface area (Å²) in [6.45, 7) is 0. The summed E-state index contributed by atoms with van der Waals surface area (Å²) in [4.78, 5) is 23.6. The molecule has 0 fully saturated rings. The van der Waals surface area contributed by atoms with Gasteiger partial charge in [0.2, 0.25) is 0 Å². The van der Waals surface area contributed by atoms with Crippen LogP contribution < -0.4 is 5.32 Å². The zero-order valence-corrected chi connectivity index (χ0v) is 10.6. The van der Waals surface area contributed by atoms with Crippen LogP contribution in [-0.4, -0.2) is 27.2 Å². The molecular formula is C12H11N3O3S. The van der Waals surface area contributed by atoms with Gasteiger partial charge in [0.05, 0.1) is 30.4 Å². The summed E-state index contributed by atoms with van der Waals surface area (Å²) in [7, 11) is 0. The second-order valence-corrected chi connectivity index (χ2v) is 4.75. The molecule has 7 heteroatoms. The number of nitrogens with one attached hydrogen (secondary N) is 1. The molecule has 0 saturated carbocycles. The van der Waals surface area contributed by atoms with Crippen LogP contribution in [0, 0.1) is 0 Å². The van der Waals surface area contributed by atoms with Gasteiger partial charge < -0.3 is 10.4 Å². The highest BCUT2D eigenvalue weighted by atomic mass is 32.1. The van der Waals surface area contributed by atoms with Crippen molar-refractivity contribution in [1.82, 2.24) is 15.5 Å². The molecule has 6 nitrogen and oxygen atoms in total. The summed E-state index contributed by atoms with van der Waals surface area (Å²) in [5.41, 5.74) is 0.349. The third kappa shape index (κ3) is 3.59. The van der Waals surface area contributed by atoms with Crippen LogP contribution in [0.2, 0.25) is 0 Å². The number of thiophene rings is 1. The van der Waals surface area contributed by atoms with Crippen LogP contribution in [0.4, 0.5) is 0 Å². The number of hydrogen-bond acceptors (Lipinski definition) is 5. The number of rotatable bonds is 5. The van der Waals surface area contributed by atoms with Crippen LogP contribution in [0.1, 0.15) is 27.7 Å². The van der Waals surface area contributed by atoms with Gasteiger partial charge >= 0.3 is 5.97 Å². The van der Waals surface area contributed by atoms with E-state index in [1.807, 2.05) is 11.4 Å². The van der Waals surface area contributed by atoms with Gasteiger partial charge in [0, 0.05) is 4.88 Å². The van der Waals surface area contributed by atoms with Gasteiger partial charge in [0.15, 0.2) is 0 Å². The van der Waals surface area contributed by atoms with Crippen LogP contribution >= 0.6 is 11.3 Å². The summed E-state index contributed by atoms with van der Waals surface area (Å²) in [6, 6.07) is 4.59. The zero-order chi connectivity index (χ0) is 13.7. The highest BCUT2D eigenvalue weighted by molar-refractivity contribution is 7.10. The van der Waals surface area contributed by atoms with E-state index in [0.29, 0.717) is 5.56 Å². The van der Waals surface area contributed by atoms with Crippen molar-refractivity contribution in [2.75, 3.05) is 0 Å². The third-order valence-electron chi connectivity index (χ3n) is 2.42. The van der Waals surface area contributed by atoms with Crippen molar-refractivity contribution in [3.63, 3.8) is 0 Å². The van der Waals surface area contributed by atoms with E-state index in [1.54, 1.807) is 6.07 Å². The Morgan fingerprint density at radius 3 is 2.79 bits per heavy atom. The van der Waals surface area contributed by atoms with Crippen molar-refractivity contribution in [3.05, 3.63) is 46.4 Å². The molecule has 0 aliphatic rings. The Kier molecular flexibility index (Phi) is 4.19. The number of carbonyl (C=O) groups is 2. The highest BCUT2D eigenvalue weighted by Gasteiger charge is 2.19. The molecule has 0 aliphatic heterocycles. The lowest BCUT2D eigenvalue weighted by atomic mass is 10.1. The summed E-state index contributed by atoms with van der Waals surface area (Å²) in [5.74, 6) is -1.33. The quantitative estimate of drug-likeness (QED) is 0.863. The molecule has 1 atom stereocenters. The minimum absolute atomic E-state index is 0.162. The molecule has 2 aromatic heterocycles. The number of carboxylic acids is 1. The number of aromatic nitrogens is 2. The monoisotopic (exact) mass is 277 g/mol. The lowest BCUT2D eigenvalue weighted by molar-refractivity contribution is -0.137. The van der Waals surface area contributed by atoms with Crippen LogP contribution in [-0.2, 0) is 4.79 Å². The van der Waals surface area contributed by atoms with Gasteiger partial charge in [-0.05, 0) is 17.5 Å². The molecule has 0 radical (unpaired) electrons. The first-order valence-electron chi connectivity index (χ1n) is 5.49. The third-order valence-corrected chi connectivity index (χ3v) is 3.40. The molecule has 0 saturated heterocycles. The number of hydrogen-bond donors (Lipinski definition) is 2. The topological polar surface area (TPSA) is 92.2 Å². The first-order chi connectivity index (χ1) is 9.16. The summed E-state index contributed by atoms with van der Waals surface area (Å²) < 4.78 is 0. The van der Waals surface area contributed by atoms with Gasteiger partial charge in [-0.15, -0.1) is 11.3 Å². The van der Waals surface area contributed by atoms with E-state index in [4.69, 9.17) is 5.11 Å². The number of nitrogens with zero attached hydrogens (tertiary/aromatic N) is 2. The maximum absolute atomic E-state index is 12.0. The Morgan fingerprint density at radius 2 is 2.21 bits per heavy atom. The van der Waals surface area contributed by atoms with Crippen LogP contribution in [0.25, 0.3) is 0 Å². The molecule has 0 aromatic carbocycles. The standard InChI is InChI=1S/C12H11N3O3S/c16-11(17)6-9(10-2-1-5-19-10)15-12(18)8-3-4-13-14-7-8/h1-5,7,9H,6H2,(H,15,18)(H,16,17). The molecule has 2 rings (SSSR count). The first-order valence-corrected chi connectivity index (χ1v) is 6.37. The predicted molar refractivity (Wildman–Crippen MR) is 68.8 cm³/mol. The second-order valence-electron chi connectivity index (χ2n) is 3.77. The molecule has 2 N–H and O–H groups in total. The fourth-order valence-corrected chi connectivity index (χ4v) is 2.33. The van der Waals surface area contributed by atoms with Gasteiger partial charge in [-0.25, -0.2) is 0 Å². The normalized spacial score (nSPS) is 11.8. The molecule has 19 heavy (non-hydrogen) atoms. The van der Waals surface area contributed by atoms with E-state index in [-0.39, 0.29) is 12.3 Å². The average Bonchev–Trinajstić information content (AvgIpc) is 2.92. The second kappa shape index (κ2) is 6.05. The van der Waals surface area contributed by atoms with Gasteiger partial charge in [0.1, 0.15) is 0 Å². The van der Waals surface area contributed by atoms with Gasteiger partial charge in [-0.3, -0.25) is 9.59 Å². The molecule has 0 aliphatic carbocycles. The van der Waals surface area contributed by atoms with Crippen molar-refractivity contribution in [2.45, 2.75) is 12.5 Å². The van der Waals surface area contributed by atoms with Crippen molar-refractivity contribution < 1.29 is 14.7 Å². The van der Waals surface area contributed by atoms with Gasteiger partial charge in [-0.2, -0.15) is 10.2 Å². The predicted octanol–water partition coefficient (Wildman–Crippen LogP) is 1.48. The Labute approximate surface area is 113 Å². The fourth-order valence-electron chi connectivity index (χ4n) is 1.55. The van der Waals surface area contributed by atoms with Gasteiger partial charge in [-0.1, -0.05) is 6.07 Å². The maximum atomic E-state index is 12.0. The van der Waals surface area contributed by atoms with Crippen LogP contribution in [0.15, 0.2) is 36.0 Å². The summed E-state index contributed by atoms with van der Waals surface area (Å²) in [5, 5.41) is 20.6. The number of carbonyl (C=O) groups excluding carboxylic acids is 1. The van der Waals surface area contributed by atoms with Crippen molar-refractivity contribution in [2.24, 2.45) is 0 Å². The lowest BCUT2D eigenvalue weighted by Crippen LogP contribution is -2.29. The molecule has 2 heterocycles. The number of aliphatic carboxylic acids is 1. The Bertz CT molecular complexity index is 557. The van der Waals surface area contributed by atoms with E-state index < -0.39 is 12.0 Å².